The van der Waals surface area contributed by atoms with Crippen molar-refractivity contribution in [1.29, 1.82) is 0 Å². The van der Waals surface area contributed by atoms with Gasteiger partial charge in [0.05, 0.1) is 39.9 Å². The number of quaternary nitrogens is 1. The number of unbranched alkanes of at least 4 members (excludes halogenated alkanes) is 50. The van der Waals surface area contributed by atoms with E-state index < -0.39 is 20.0 Å². The van der Waals surface area contributed by atoms with Crippen LogP contribution < -0.4 is 5.32 Å². The number of likely N-dealkylation sites (N-methyl/N-ethyl adjacent to an activating group) is 1. The molecule has 0 bridgehead atoms. The molecule has 3 unspecified atom stereocenters. The van der Waals surface area contributed by atoms with Crippen LogP contribution in [-0.4, -0.2) is 73.4 Å². The van der Waals surface area contributed by atoms with Crippen LogP contribution in [0.1, 0.15) is 367 Å². The zero-order chi connectivity index (χ0) is 59.1. The molecule has 8 nitrogen and oxygen atoms in total. The molecule has 3 N–H and O–H groups in total. The number of hydrogen-bond donors (Lipinski definition) is 3. The van der Waals surface area contributed by atoms with Gasteiger partial charge in [-0.2, -0.15) is 0 Å². The maximum atomic E-state index is 13.0. The van der Waals surface area contributed by atoms with Crippen molar-refractivity contribution in [1.82, 2.24) is 5.32 Å². The Kier molecular flexibility index (Phi) is 62.2. The van der Waals surface area contributed by atoms with Gasteiger partial charge in [0.15, 0.2) is 0 Å². The van der Waals surface area contributed by atoms with Crippen molar-refractivity contribution < 1.29 is 32.9 Å². The Morgan fingerprint density at radius 1 is 0.407 bits per heavy atom. The number of allylic oxidation sites excluding steroid dienone is 5. The second-order valence-electron chi connectivity index (χ2n) is 26.0. The summed E-state index contributed by atoms with van der Waals surface area (Å²) < 4.78 is 23.8. The van der Waals surface area contributed by atoms with E-state index in [1.54, 1.807) is 6.08 Å². The third-order valence-corrected chi connectivity index (χ3v) is 17.6. The number of nitrogens with zero attached hydrogens (tertiary/aromatic N) is 1. The Morgan fingerprint density at radius 2 is 0.679 bits per heavy atom. The molecule has 0 aliphatic rings. The van der Waals surface area contributed by atoms with E-state index in [4.69, 9.17) is 9.05 Å². The Labute approximate surface area is 506 Å². The zero-order valence-corrected chi connectivity index (χ0v) is 55.9. The number of aliphatic hydroxyl groups excluding tert-OH is 1. The second kappa shape index (κ2) is 63.2. The van der Waals surface area contributed by atoms with Crippen molar-refractivity contribution in [3.63, 3.8) is 0 Å². The summed E-state index contributed by atoms with van der Waals surface area (Å²) >= 11 is 0. The summed E-state index contributed by atoms with van der Waals surface area (Å²) in [7, 11) is 1.57. The summed E-state index contributed by atoms with van der Waals surface area (Å²) in [6.45, 7) is 4.85. The van der Waals surface area contributed by atoms with Gasteiger partial charge in [-0.15, -0.1) is 0 Å². The van der Waals surface area contributed by atoms with Crippen LogP contribution in [0.2, 0.25) is 0 Å². The van der Waals surface area contributed by atoms with Gasteiger partial charge in [0.25, 0.3) is 0 Å². The molecule has 0 saturated heterocycles. The first-order valence-corrected chi connectivity index (χ1v) is 37.4. The molecule has 3 atom stereocenters. The fraction of sp³-hybridized carbons (Fsp3) is 0.903. The summed E-state index contributed by atoms with van der Waals surface area (Å²) in [5.41, 5.74) is 0. The first-order valence-electron chi connectivity index (χ1n) is 35.9. The van der Waals surface area contributed by atoms with E-state index in [-0.39, 0.29) is 19.1 Å². The molecule has 0 aromatic carbocycles. The number of amides is 1. The predicted molar refractivity (Wildman–Crippen MR) is 355 cm³/mol. The van der Waals surface area contributed by atoms with Gasteiger partial charge in [0, 0.05) is 6.42 Å². The van der Waals surface area contributed by atoms with Crippen molar-refractivity contribution in [2.75, 3.05) is 40.9 Å². The Bertz CT molecular complexity index is 1410. The van der Waals surface area contributed by atoms with Gasteiger partial charge in [-0.05, 0) is 57.8 Å². The lowest BCUT2D eigenvalue weighted by Crippen LogP contribution is -2.45. The summed E-state index contributed by atoms with van der Waals surface area (Å²) in [5, 5.41) is 14.0. The van der Waals surface area contributed by atoms with Crippen LogP contribution in [0.15, 0.2) is 36.5 Å². The molecule has 9 heteroatoms. The fourth-order valence-corrected chi connectivity index (χ4v) is 11.7. The van der Waals surface area contributed by atoms with E-state index in [0.717, 1.165) is 38.5 Å². The molecule has 0 radical (unpaired) electrons. The zero-order valence-electron chi connectivity index (χ0n) is 55.1. The molecule has 0 rings (SSSR count). The standard InChI is InChI=1S/C72H141N2O6P/c1-6-8-10-12-14-16-18-20-22-24-26-28-29-30-31-32-33-34-35-36-37-38-39-40-41-42-43-44-45-46-48-50-52-54-56-58-60-62-64-66-72(76)73-70(69-80-81(77,78)79-68-67-74(3,4)5)71(75)65-63-61-59-57-55-53-51-49-47-27-25-23-21-19-17-15-13-11-9-7-2/h24,26,55,57,63,65,70-71,75H,6-23,25,27-54,56,58-62,64,66-69H2,1-5H3,(H-,73,76,77,78)/p+1/b26-24-,57-55+,65-63+. The Balaban J connectivity index is 3.93. The number of phosphoric acid groups is 1. The highest BCUT2D eigenvalue weighted by Crippen LogP contribution is 2.43. The SMILES string of the molecule is CCCCCCCCCC/C=C\CCCCCCCCCCCCCCCCCCCCCCCCCCCCCC(=O)NC(COP(=O)(O)OCC[N+](C)(C)C)C(O)/C=C/CC/C=C/CCCCCCCCCCCCCCCC. The van der Waals surface area contributed by atoms with Crippen LogP contribution >= 0.6 is 7.82 Å². The smallest absolute Gasteiger partial charge is 0.387 e. The lowest BCUT2D eigenvalue weighted by Gasteiger charge is -2.25. The number of carbonyl (C=O) groups excluding carboxylic acids is 1. The van der Waals surface area contributed by atoms with E-state index in [2.05, 4.69) is 43.5 Å². The lowest BCUT2D eigenvalue weighted by molar-refractivity contribution is -0.870. The van der Waals surface area contributed by atoms with Gasteiger partial charge in [-0.3, -0.25) is 13.8 Å². The van der Waals surface area contributed by atoms with E-state index in [0.29, 0.717) is 17.4 Å². The van der Waals surface area contributed by atoms with Gasteiger partial charge in [0.2, 0.25) is 5.91 Å². The number of aliphatic hydroxyl groups is 1. The minimum absolute atomic E-state index is 0.0583. The third kappa shape index (κ3) is 66.1. The summed E-state index contributed by atoms with van der Waals surface area (Å²) in [5.74, 6) is -0.179. The van der Waals surface area contributed by atoms with Gasteiger partial charge < -0.3 is 19.8 Å². The van der Waals surface area contributed by atoms with E-state index in [9.17, 15) is 19.4 Å². The molecule has 0 aliphatic heterocycles. The summed E-state index contributed by atoms with van der Waals surface area (Å²) in [4.78, 5) is 23.4. The van der Waals surface area contributed by atoms with Gasteiger partial charge >= 0.3 is 7.82 Å². The summed E-state index contributed by atoms with van der Waals surface area (Å²) in [6, 6.07) is -0.862. The number of carbonyl (C=O) groups is 1. The summed E-state index contributed by atoms with van der Waals surface area (Å²) in [6.07, 6.45) is 84.6. The maximum Gasteiger partial charge on any atom is 0.472 e. The molecule has 480 valence electrons. The van der Waals surface area contributed by atoms with Gasteiger partial charge in [0.1, 0.15) is 13.2 Å². The van der Waals surface area contributed by atoms with Crippen molar-refractivity contribution in [3.8, 4) is 0 Å². The van der Waals surface area contributed by atoms with E-state index >= 15 is 0 Å². The molecule has 0 heterocycles. The number of nitrogens with one attached hydrogen (secondary N) is 1. The minimum atomic E-state index is -4.36. The van der Waals surface area contributed by atoms with Crippen molar-refractivity contribution >= 4 is 13.7 Å². The number of hydrogen-bond acceptors (Lipinski definition) is 5. The Morgan fingerprint density at radius 3 is 0.988 bits per heavy atom. The highest BCUT2D eigenvalue weighted by molar-refractivity contribution is 7.47. The molecule has 0 saturated carbocycles. The van der Waals surface area contributed by atoms with Crippen LogP contribution in [0.4, 0.5) is 0 Å². The monoisotopic (exact) mass is 1160 g/mol. The molecule has 81 heavy (non-hydrogen) atoms. The largest absolute Gasteiger partial charge is 0.472 e. The van der Waals surface area contributed by atoms with Crippen LogP contribution in [0.3, 0.4) is 0 Å². The molecule has 0 aromatic heterocycles. The molecule has 1 amide bonds. The first kappa shape index (κ1) is 79.7. The molecular formula is C72H142N2O6P+. The van der Waals surface area contributed by atoms with Crippen LogP contribution in [0.25, 0.3) is 0 Å². The first-order chi connectivity index (χ1) is 39.5. The average Bonchev–Trinajstić information content (AvgIpc) is 3.43. The quantitative estimate of drug-likeness (QED) is 0.0243. The van der Waals surface area contributed by atoms with Crippen LogP contribution in [-0.2, 0) is 18.4 Å². The average molecular weight is 1160 g/mol. The van der Waals surface area contributed by atoms with Gasteiger partial charge in [-0.25, -0.2) is 4.57 Å². The van der Waals surface area contributed by atoms with Crippen molar-refractivity contribution in [3.05, 3.63) is 36.5 Å². The van der Waals surface area contributed by atoms with E-state index in [1.807, 2.05) is 27.2 Å². The third-order valence-electron chi connectivity index (χ3n) is 16.6. The van der Waals surface area contributed by atoms with Crippen LogP contribution in [0.5, 0.6) is 0 Å². The highest BCUT2D eigenvalue weighted by atomic mass is 31.2. The lowest BCUT2D eigenvalue weighted by atomic mass is 10.0. The molecule has 0 aliphatic carbocycles. The molecular weight excluding hydrogens is 1020 g/mol. The topological polar surface area (TPSA) is 105 Å². The minimum Gasteiger partial charge on any atom is -0.387 e. The fourth-order valence-electron chi connectivity index (χ4n) is 11.0. The predicted octanol–water partition coefficient (Wildman–Crippen LogP) is 22.8. The number of rotatable bonds is 67. The van der Waals surface area contributed by atoms with Crippen molar-refractivity contribution in [2.24, 2.45) is 0 Å². The van der Waals surface area contributed by atoms with E-state index in [1.165, 1.54) is 308 Å². The van der Waals surface area contributed by atoms with Gasteiger partial charge in [-0.1, -0.05) is 339 Å². The van der Waals surface area contributed by atoms with Crippen molar-refractivity contribution in [2.45, 2.75) is 379 Å². The molecule has 0 fully saturated rings. The molecule has 0 spiro atoms. The highest BCUT2D eigenvalue weighted by Gasteiger charge is 2.28. The molecule has 0 aromatic rings. The number of phosphoric ester groups is 1. The van der Waals surface area contributed by atoms with Crippen LogP contribution in [0, 0.1) is 0 Å². The Hall–Kier alpha value is -1.28. The normalized spacial score (nSPS) is 13.8. The maximum absolute atomic E-state index is 13.0. The second-order valence-corrected chi connectivity index (χ2v) is 27.4.